The highest BCUT2D eigenvalue weighted by Gasteiger charge is 2.22. The van der Waals surface area contributed by atoms with Crippen LogP contribution in [0.2, 0.25) is 0 Å². The summed E-state index contributed by atoms with van der Waals surface area (Å²) in [6, 6.07) is 14.3. The zero-order chi connectivity index (χ0) is 17.7. The summed E-state index contributed by atoms with van der Waals surface area (Å²) in [7, 11) is 1.78. The summed E-state index contributed by atoms with van der Waals surface area (Å²) in [6.45, 7) is 7.15. The maximum atomic E-state index is 13.1. The van der Waals surface area contributed by atoms with E-state index >= 15 is 0 Å². The summed E-state index contributed by atoms with van der Waals surface area (Å²) in [5, 5.41) is 2.97. The van der Waals surface area contributed by atoms with Crippen molar-refractivity contribution in [1.82, 2.24) is 10.2 Å². The van der Waals surface area contributed by atoms with E-state index in [1.54, 1.807) is 24.1 Å². The standard InChI is InChI=1S/C20H25FN2O/c1-15-7-5-6-8-16(15)13-23(4)19(24)22-14-20(2,3)17-9-11-18(21)12-10-17/h5-12H,13-14H2,1-4H3,(H,22,24). The highest BCUT2D eigenvalue weighted by Crippen LogP contribution is 2.22. The fraction of sp³-hybridized carbons (Fsp3) is 0.350. The minimum atomic E-state index is -0.271. The van der Waals surface area contributed by atoms with Crippen LogP contribution in [-0.2, 0) is 12.0 Å². The number of hydrogen-bond donors (Lipinski definition) is 1. The van der Waals surface area contributed by atoms with Gasteiger partial charge in [0.1, 0.15) is 5.82 Å². The van der Waals surface area contributed by atoms with Crippen LogP contribution in [0.15, 0.2) is 48.5 Å². The van der Waals surface area contributed by atoms with Crippen LogP contribution in [0, 0.1) is 12.7 Å². The molecule has 0 aliphatic carbocycles. The van der Waals surface area contributed by atoms with Crippen LogP contribution in [0.3, 0.4) is 0 Å². The van der Waals surface area contributed by atoms with Gasteiger partial charge in [-0.15, -0.1) is 0 Å². The third kappa shape index (κ3) is 4.57. The van der Waals surface area contributed by atoms with Crippen LogP contribution in [0.25, 0.3) is 0 Å². The number of nitrogens with one attached hydrogen (secondary N) is 1. The number of hydrogen-bond acceptors (Lipinski definition) is 1. The molecular formula is C20H25FN2O. The summed E-state index contributed by atoms with van der Waals surface area (Å²) < 4.78 is 13.1. The van der Waals surface area contributed by atoms with E-state index in [1.165, 1.54) is 17.7 Å². The smallest absolute Gasteiger partial charge is 0.317 e. The van der Waals surface area contributed by atoms with Crippen molar-refractivity contribution in [2.45, 2.75) is 32.7 Å². The Morgan fingerprint density at radius 3 is 2.38 bits per heavy atom. The van der Waals surface area contributed by atoms with Gasteiger partial charge in [0.15, 0.2) is 0 Å². The molecule has 0 fully saturated rings. The van der Waals surface area contributed by atoms with Gasteiger partial charge in [0.25, 0.3) is 0 Å². The molecule has 2 aromatic carbocycles. The van der Waals surface area contributed by atoms with Gasteiger partial charge < -0.3 is 10.2 Å². The molecule has 4 heteroatoms. The lowest BCUT2D eigenvalue weighted by Gasteiger charge is -2.27. The predicted octanol–water partition coefficient (Wildman–Crippen LogP) is 4.25. The average molecular weight is 328 g/mol. The van der Waals surface area contributed by atoms with Crippen LogP contribution >= 0.6 is 0 Å². The van der Waals surface area contributed by atoms with E-state index in [0.29, 0.717) is 13.1 Å². The fourth-order valence-electron chi connectivity index (χ4n) is 2.55. The van der Waals surface area contributed by atoms with Gasteiger partial charge in [-0.1, -0.05) is 50.2 Å². The van der Waals surface area contributed by atoms with Crippen molar-refractivity contribution >= 4 is 6.03 Å². The molecule has 1 N–H and O–H groups in total. The van der Waals surface area contributed by atoms with Crippen molar-refractivity contribution in [3.8, 4) is 0 Å². The zero-order valence-electron chi connectivity index (χ0n) is 14.8. The lowest BCUT2D eigenvalue weighted by molar-refractivity contribution is 0.204. The predicted molar refractivity (Wildman–Crippen MR) is 95.5 cm³/mol. The van der Waals surface area contributed by atoms with Crippen molar-refractivity contribution in [2.75, 3.05) is 13.6 Å². The third-order valence-electron chi connectivity index (χ3n) is 4.32. The average Bonchev–Trinajstić information content (AvgIpc) is 2.55. The minimum absolute atomic E-state index is 0.117. The Kier molecular flexibility index (Phi) is 5.60. The molecule has 2 amide bonds. The Labute approximate surface area is 143 Å². The number of amides is 2. The molecule has 0 heterocycles. The molecule has 0 aliphatic heterocycles. The lowest BCUT2D eigenvalue weighted by atomic mass is 9.84. The summed E-state index contributed by atoms with van der Waals surface area (Å²) in [4.78, 5) is 14.0. The minimum Gasteiger partial charge on any atom is -0.337 e. The van der Waals surface area contributed by atoms with Gasteiger partial charge in [-0.25, -0.2) is 9.18 Å². The summed E-state index contributed by atoms with van der Waals surface area (Å²) >= 11 is 0. The topological polar surface area (TPSA) is 32.3 Å². The number of urea groups is 1. The van der Waals surface area contributed by atoms with Gasteiger partial charge in [0.05, 0.1) is 0 Å². The molecular weight excluding hydrogens is 303 g/mol. The number of aryl methyl sites for hydroxylation is 1. The maximum absolute atomic E-state index is 13.1. The first-order valence-electron chi connectivity index (χ1n) is 8.09. The van der Waals surface area contributed by atoms with Gasteiger partial charge in [0, 0.05) is 25.6 Å². The third-order valence-corrected chi connectivity index (χ3v) is 4.32. The number of nitrogens with zero attached hydrogens (tertiary/aromatic N) is 1. The second kappa shape index (κ2) is 7.47. The second-order valence-electron chi connectivity index (χ2n) is 6.83. The Morgan fingerprint density at radius 1 is 1.12 bits per heavy atom. The number of carbonyl (C=O) groups is 1. The molecule has 0 bridgehead atoms. The van der Waals surface area contributed by atoms with Crippen molar-refractivity contribution < 1.29 is 9.18 Å². The first-order valence-corrected chi connectivity index (χ1v) is 8.09. The van der Waals surface area contributed by atoms with Crippen LogP contribution in [0.1, 0.15) is 30.5 Å². The van der Waals surface area contributed by atoms with Gasteiger partial charge in [0.2, 0.25) is 0 Å². The molecule has 3 nitrogen and oxygen atoms in total. The molecule has 0 unspecified atom stereocenters. The number of benzene rings is 2. The van der Waals surface area contributed by atoms with Crippen LogP contribution in [-0.4, -0.2) is 24.5 Å². The molecule has 24 heavy (non-hydrogen) atoms. The first-order chi connectivity index (χ1) is 11.3. The van der Waals surface area contributed by atoms with E-state index < -0.39 is 0 Å². The van der Waals surface area contributed by atoms with Gasteiger partial charge in [-0.3, -0.25) is 0 Å². The summed E-state index contributed by atoms with van der Waals surface area (Å²) in [6.07, 6.45) is 0. The van der Waals surface area contributed by atoms with Crippen molar-refractivity contribution in [3.63, 3.8) is 0 Å². The maximum Gasteiger partial charge on any atom is 0.317 e. The molecule has 0 atom stereocenters. The lowest BCUT2D eigenvalue weighted by Crippen LogP contribution is -2.42. The largest absolute Gasteiger partial charge is 0.337 e. The highest BCUT2D eigenvalue weighted by molar-refractivity contribution is 5.74. The molecule has 2 aromatic rings. The SMILES string of the molecule is Cc1ccccc1CN(C)C(=O)NCC(C)(C)c1ccc(F)cc1. The normalized spacial score (nSPS) is 11.2. The van der Waals surface area contributed by atoms with Crippen molar-refractivity contribution in [2.24, 2.45) is 0 Å². The molecule has 0 saturated heterocycles. The number of rotatable bonds is 5. The van der Waals surface area contributed by atoms with Crippen molar-refractivity contribution in [1.29, 1.82) is 0 Å². The number of carbonyl (C=O) groups excluding carboxylic acids is 1. The van der Waals surface area contributed by atoms with Crippen LogP contribution in [0.5, 0.6) is 0 Å². The molecule has 2 rings (SSSR count). The Bertz CT molecular complexity index is 695. The van der Waals surface area contributed by atoms with Crippen molar-refractivity contribution in [3.05, 3.63) is 71.0 Å². The Morgan fingerprint density at radius 2 is 1.75 bits per heavy atom. The van der Waals surface area contributed by atoms with E-state index in [2.05, 4.69) is 5.32 Å². The van der Waals surface area contributed by atoms with E-state index in [1.807, 2.05) is 45.0 Å². The summed E-state index contributed by atoms with van der Waals surface area (Å²) in [5.74, 6) is -0.253. The quantitative estimate of drug-likeness (QED) is 0.874. The molecule has 0 saturated carbocycles. The van der Waals surface area contributed by atoms with Gasteiger partial charge in [-0.2, -0.15) is 0 Å². The molecule has 0 aromatic heterocycles. The van der Waals surface area contributed by atoms with E-state index in [0.717, 1.165) is 11.1 Å². The molecule has 0 aliphatic rings. The van der Waals surface area contributed by atoms with E-state index in [9.17, 15) is 9.18 Å². The van der Waals surface area contributed by atoms with Gasteiger partial charge in [-0.05, 0) is 35.7 Å². The molecule has 0 radical (unpaired) electrons. The monoisotopic (exact) mass is 328 g/mol. The Hall–Kier alpha value is -2.36. The summed E-state index contributed by atoms with van der Waals surface area (Å²) in [5.41, 5.74) is 3.02. The van der Waals surface area contributed by atoms with E-state index in [4.69, 9.17) is 0 Å². The zero-order valence-corrected chi connectivity index (χ0v) is 14.8. The van der Waals surface area contributed by atoms with Crippen LogP contribution < -0.4 is 5.32 Å². The Balaban J connectivity index is 1.94. The number of halogens is 1. The van der Waals surface area contributed by atoms with E-state index in [-0.39, 0.29) is 17.3 Å². The fourth-order valence-corrected chi connectivity index (χ4v) is 2.55. The first kappa shape index (κ1) is 18.0. The van der Waals surface area contributed by atoms with Crippen LogP contribution in [0.4, 0.5) is 9.18 Å². The van der Waals surface area contributed by atoms with Gasteiger partial charge >= 0.3 is 6.03 Å². The second-order valence-corrected chi connectivity index (χ2v) is 6.83. The highest BCUT2D eigenvalue weighted by atomic mass is 19.1. The molecule has 128 valence electrons. The molecule has 0 spiro atoms.